The average molecular weight is 55.1 g/mol. The van der Waals surface area contributed by atoms with Gasteiger partial charge in [0.1, 0.15) is 0 Å². The Balaban J connectivity index is 0. The zero-order valence-corrected chi connectivity index (χ0v) is 2.86. The SMILES string of the molecule is CCO.[Be]. The minimum absolute atomic E-state index is 0. The van der Waals surface area contributed by atoms with Crippen LogP contribution in [0.2, 0.25) is 0 Å². The van der Waals surface area contributed by atoms with Crippen LogP contribution in [0.1, 0.15) is 6.92 Å². The average Bonchev–Trinajstić information content (AvgIpc) is 0.918. The predicted octanol–water partition coefficient (Wildman–Crippen LogP) is -0.382. The Morgan fingerprint density at radius 1 is 1.75 bits per heavy atom. The van der Waals surface area contributed by atoms with Crippen LogP contribution in [-0.2, 0) is 0 Å². The molecule has 1 nitrogen and oxygen atoms in total. The molecular weight excluding hydrogens is 49.0 g/mol. The van der Waals surface area contributed by atoms with Crippen molar-refractivity contribution in [3.8, 4) is 0 Å². The van der Waals surface area contributed by atoms with Gasteiger partial charge in [-0.1, -0.05) is 0 Å². The van der Waals surface area contributed by atoms with E-state index in [1.807, 2.05) is 0 Å². The molecular formula is C2H6BeO. The van der Waals surface area contributed by atoms with Crippen LogP contribution in [0.15, 0.2) is 0 Å². The van der Waals surface area contributed by atoms with E-state index in [9.17, 15) is 0 Å². The normalized spacial score (nSPS) is 4.50. The summed E-state index contributed by atoms with van der Waals surface area (Å²) >= 11 is 0. The largest absolute Gasteiger partial charge is 0.397 e. The first kappa shape index (κ1) is 8.92. The van der Waals surface area contributed by atoms with Crippen LogP contribution in [0.3, 0.4) is 0 Å². The Hall–Kier alpha value is 0.129. The molecule has 0 saturated carbocycles. The van der Waals surface area contributed by atoms with E-state index in [0.717, 1.165) is 0 Å². The van der Waals surface area contributed by atoms with Crippen molar-refractivity contribution >= 4 is 10.1 Å². The molecule has 0 aromatic heterocycles. The van der Waals surface area contributed by atoms with Gasteiger partial charge >= 0.3 is 0 Å². The molecule has 0 rings (SSSR count). The number of aliphatic hydroxyl groups is 1. The third-order valence-electron chi connectivity index (χ3n) is 0. The van der Waals surface area contributed by atoms with E-state index in [1.165, 1.54) is 0 Å². The molecule has 0 heterocycles. The van der Waals surface area contributed by atoms with Gasteiger partial charge in [0.05, 0.1) is 0 Å². The van der Waals surface area contributed by atoms with Crippen LogP contribution < -0.4 is 0 Å². The van der Waals surface area contributed by atoms with Gasteiger partial charge in [-0.15, -0.1) is 0 Å². The second-order valence-electron chi connectivity index (χ2n) is 0.316. The van der Waals surface area contributed by atoms with Gasteiger partial charge in [0.25, 0.3) is 0 Å². The summed E-state index contributed by atoms with van der Waals surface area (Å²) in [6, 6.07) is 0. The van der Waals surface area contributed by atoms with Gasteiger partial charge in [-0.25, -0.2) is 0 Å². The first-order valence-electron chi connectivity index (χ1n) is 1.02. The molecule has 2 radical (unpaired) electrons. The van der Waals surface area contributed by atoms with Crippen LogP contribution >= 0.6 is 0 Å². The fourth-order valence-corrected chi connectivity index (χ4v) is 0. The van der Waals surface area contributed by atoms with Crippen LogP contribution in [0.5, 0.6) is 0 Å². The summed E-state index contributed by atoms with van der Waals surface area (Å²) in [6.45, 7) is 1.93. The number of hydrogen-bond acceptors (Lipinski definition) is 1. The second-order valence-corrected chi connectivity index (χ2v) is 0.316. The summed E-state index contributed by atoms with van der Waals surface area (Å²) < 4.78 is 0. The van der Waals surface area contributed by atoms with Crippen molar-refractivity contribution in [3.05, 3.63) is 0 Å². The molecule has 0 saturated heterocycles. The Bertz CT molecular complexity index is 6.00. The Morgan fingerprint density at radius 2 is 1.75 bits per heavy atom. The minimum atomic E-state index is 0. The van der Waals surface area contributed by atoms with Crippen molar-refractivity contribution in [1.29, 1.82) is 0 Å². The van der Waals surface area contributed by atoms with Crippen molar-refractivity contribution in [2.75, 3.05) is 6.61 Å². The van der Waals surface area contributed by atoms with Crippen molar-refractivity contribution < 1.29 is 5.11 Å². The van der Waals surface area contributed by atoms with Gasteiger partial charge in [-0.05, 0) is 6.92 Å². The van der Waals surface area contributed by atoms with Gasteiger partial charge in [0, 0.05) is 16.7 Å². The van der Waals surface area contributed by atoms with Crippen LogP contribution in [0.25, 0.3) is 0 Å². The standard InChI is InChI=1S/C2H6O.Be/c1-2-3;/h3H,2H2,1H3;. The Morgan fingerprint density at radius 3 is 1.75 bits per heavy atom. The molecule has 0 bridgehead atoms. The molecule has 2 heteroatoms. The summed E-state index contributed by atoms with van der Waals surface area (Å²) in [7, 11) is 0. The maximum Gasteiger partial charge on any atom is 0.0402 e. The molecule has 0 atom stereocenters. The molecule has 0 aliphatic heterocycles. The molecule has 0 aliphatic rings. The smallest absolute Gasteiger partial charge is 0.0402 e. The Labute approximate surface area is 29.9 Å². The van der Waals surface area contributed by atoms with Crippen molar-refractivity contribution in [1.82, 2.24) is 0 Å². The zero-order chi connectivity index (χ0) is 2.71. The molecule has 0 aliphatic carbocycles. The molecule has 4 heavy (non-hydrogen) atoms. The van der Waals surface area contributed by atoms with E-state index in [-0.39, 0.29) is 16.7 Å². The molecule has 0 aromatic carbocycles. The Kier molecular flexibility index (Phi) is 24.8. The van der Waals surface area contributed by atoms with Crippen LogP contribution in [0, 0.1) is 0 Å². The summed E-state index contributed by atoms with van der Waals surface area (Å²) in [4.78, 5) is 0. The maximum absolute atomic E-state index is 7.57. The third-order valence-corrected chi connectivity index (χ3v) is 0. The first-order chi connectivity index (χ1) is 1.41. The molecule has 0 unspecified atom stereocenters. The van der Waals surface area contributed by atoms with E-state index in [0.29, 0.717) is 0 Å². The van der Waals surface area contributed by atoms with Gasteiger partial charge in [0.2, 0.25) is 0 Å². The van der Waals surface area contributed by atoms with Crippen molar-refractivity contribution in [2.24, 2.45) is 0 Å². The minimum Gasteiger partial charge on any atom is -0.397 e. The number of rotatable bonds is 0. The molecule has 0 spiro atoms. The summed E-state index contributed by atoms with van der Waals surface area (Å²) in [5, 5.41) is 7.57. The monoisotopic (exact) mass is 55.1 g/mol. The van der Waals surface area contributed by atoms with E-state index >= 15 is 0 Å². The van der Waals surface area contributed by atoms with E-state index in [2.05, 4.69) is 0 Å². The second kappa shape index (κ2) is 11.1. The third kappa shape index (κ3) is 163. The van der Waals surface area contributed by atoms with Gasteiger partial charge in [0.15, 0.2) is 0 Å². The van der Waals surface area contributed by atoms with E-state index < -0.39 is 0 Å². The van der Waals surface area contributed by atoms with E-state index in [1.54, 1.807) is 6.92 Å². The molecule has 1 N–H and O–H groups in total. The summed E-state index contributed by atoms with van der Waals surface area (Å²) in [5.41, 5.74) is 0. The summed E-state index contributed by atoms with van der Waals surface area (Å²) in [6.07, 6.45) is 0. The molecule has 0 fully saturated rings. The van der Waals surface area contributed by atoms with Gasteiger partial charge in [-0.3, -0.25) is 0 Å². The summed E-state index contributed by atoms with van der Waals surface area (Å²) in [5.74, 6) is 0. The maximum atomic E-state index is 7.57. The number of aliphatic hydroxyl groups excluding tert-OH is 1. The van der Waals surface area contributed by atoms with Crippen LogP contribution in [0.4, 0.5) is 0 Å². The molecule has 0 aromatic rings. The number of hydrogen-bond donors (Lipinski definition) is 1. The fourth-order valence-electron chi connectivity index (χ4n) is 0. The van der Waals surface area contributed by atoms with E-state index in [4.69, 9.17) is 5.11 Å². The van der Waals surface area contributed by atoms with Crippen molar-refractivity contribution in [2.45, 2.75) is 6.92 Å². The first-order valence-corrected chi connectivity index (χ1v) is 1.02. The fraction of sp³-hybridized carbons (Fsp3) is 1.00. The van der Waals surface area contributed by atoms with Gasteiger partial charge in [-0.2, -0.15) is 0 Å². The quantitative estimate of drug-likeness (QED) is 0.374. The predicted molar refractivity (Wildman–Crippen MR) is 18.5 cm³/mol. The molecule has 0 amide bonds. The zero-order valence-electron chi connectivity index (χ0n) is 2.86. The van der Waals surface area contributed by atoms with Gasteiger partial charge < -0.3 is 5.11 Å². The topological polar surface area (TPSA) is 20.2 Å². The van der Waals surface area contributed by atoms with Crippen LogP contribution in [-0.4, -0.2) is 21.8 Å². The molecule has 22 valence electrons. The van der Waals surface area contributed by atoms with Crippen molar-refractivity contribution in [3.63, 3.8) is 0 Å².